The Hall–Kier alpha value is -1.55. The molecule has 0 saturated heterocycles. The van der Waals surface area contributed by atoms with Gasteiger partial charge in [0.1, 0.15) is 0 Å². The molecule has 0 aliphatic carbocycles. The molecule has 2 unspecified atom stereocenters. The van der Waals surface area contributed by atoms with Crippen LogP contribution in [0, 0.1) is 0 Å². The summed E-state index contributed by atoms with van der Waals surface area (Å²) in [6.45, 7) is 4.21. The summed E-state index contributed by atoms with van der Waals surface area (Å²) in [6.07, 6.45) is 0.875. The van der Waals surface area contributed by atoms with Gasteiger partial charge in [0.25, 0.3) is 0 Å². The number of amides is 2. The number of hydrogen-bond acceptors (Lipinski definition) is 2. The molecule has 0 fully saturated rings. The number of hydrogen-bond donors (Lipinski definition) is 3. The number of urea groups is 1. The summed E-state index contributed by atoms with van der Waals surface area (Å²) >= 11 is 0. The van der Waals surface area contributed by atoms with Crippen LogP contribution in [0.3, 0.4) is 0 Å². The van der Waals surface area contributed by atoms with E-state index in [1.807, 2.05) is 44.2 Å². The van der Waals surface area contributed by atoms with Crippen LogP contribution < -0.4 is 10.6 Å². The monoisotopic (exact) mass is 250 g/mol. The molecule has 2 amide bonds. The quantitative estimate of drug-likeness (QED) is 0.719. The van der Waals surface area contributed by atoms with Crippen LogP contribution >= 0.6 is 0 Å². The zero-order valence-corrected chi connectivity index (χ0v) is 11.0. The third-order valence-electron chi connectivity index (χ3n) is 2.80. The predicted octanol–water partition coefficient (Wildman–Crippen LogP) is 1.69. The van der Waals surface area contributed by atoms with E-state index in [-0.39, 0.29) is 18.6 Å². The van der Waals surface area contributed by atoms with Crippen LogP contribution in [-0.2, 0) is 6.42 Å². The highest BCUT2D eigenvalue weighted by Crippen LogP contribution is 2.02. The minimum Gasteiger partial charge on any atom is -0.391 e. The topological polar surface area (TPSA) is 61.4 Å². The van der Waals surface area contributed by atoms with Gasteiger partial charge in [-0.25, -0.2) is 4.79 Å². The Balaban J connectivity index is 2.25. The van der Waals surface area contributed by atoms with Gasteiger partial charge in [-0.15, -0.1) is 0 Å². The van der Waals surface area contributed by atoms with Crippen LogP contribution in [0.25, 0.3) is 0 Å². The second-order valence-electron chi connectivity index (χ2n) is 4.51. The first-order valence-corrected chi connectivity index (χ1v) is 6.38. The smallest absolute Gasteiger partial charge is 0.315 e. The Morgan fingerprint density at radius 2 is 2.00 bits per heavy atom. The molecule has 18 heavy (non-hydrogen) atoms. The van der Waals surface area contributed by atoms with Crippen molar-refractivity contribution in [3.63, 3.8) is 0 Å². The van der Waals surface area contributed by atoms with Gasteiger partial charge in [0, 0.05) is 19.0 Å². The average molecular weight is 250 g/mol. The number of aliphatic hydroxyl groups is 1. The zero-order chi connectivity index (χ0) is 13.4. The van der Waals surface area contributed by atoms with Crippen molar-refractivity contribution in [3.05, 3.63) is 35.9 Å². The van der Waals surface area contributed by atoms with Gasteiger partial charge in [-0.3, -0.25) is 0 Å². The van der Waals surface area contributed by atoms with Crippen molar-refractivity contribution >= 4 is 6.03 Å². The molecule has 0 bridgehead atoms. The van der Waals surface area contributed by atoms with Crippen molar-refractivity contribution in [2.45, 2.75) is 38.8 Å². The van der Waals surface area contributed by atoms with E-state index in [1.165, 1.54) is 0 Å². The molecule has 0 saturated carbocycles. The van der Waals surface area contributed by atoms with Crippen LogP contribution in [0.4, 0.5) is 4.79 Å². The number of rotatable bonds is 6. The molecule has 0 radical (unpaired) electrons. The van der Waals surface area contributed by atoms with E-state index in [1.54, 1.807) is 0 Å². The first-order valence-electron chi connectivity index (χ1n) is 6.38. The average Bonchev–Trinajstić information content (AvgIpc) is 2.37. The fourth-order valence-corrected chi connectivity index (χ4v) is 1.55. The summed E-state index contributed by atoms with van der Waals surface area (Å²) in [4.78, 5) is 11.4. The Labute approximate surface area is 108 Å². The molecule has 0 aliphatic heterocycles. The number of nitrogens with one attached hydrogen (secondary N) is 2. The summed E-state index contributed by atoms with van der Waals surface area (Å²) in [7, 11) is 0. The summed E-state index contributed by atoms with van der Waals surface area (Å²) in [5.41, 5.74) is 1.06. The van der Waals surface area contributed by atoms with Gasteiger partial charge in [0.2, 0.25) is 0 Å². The molecule has 1 rings (SSSR count). The number of aliphatic hydroxyl groups excluding tert-OH is 1. The highest BCUT2D eigenvalue weighted by Gasteiger charge is 2.09. The van der Waals surface area contributed by atoms with Crippen molar-refractivity contribution in [3.8, 4) is 0 Å². The van der Waals surface area contributed by atoms with Gasteiger partial charge in [0.05, 0.1) is 6.10 Å². The number of benzene rings is 1. The second-order valence-corrected chi connectivity index (χ2v) is 4.51. The third kappa shape index (κ3) is 5.68. The maximum atomic E-state index is 11.4. The van der Waals surface area contributed by atoms with Gasteiger partial charge in [-0.1, -0.05) is 37.3 Å². The van der Waals surface area contributed by atoms with Gasteiger partial charge >= 0.3 is 6.03 Å². The van der Waals surface area contributed by atoms with Crippen LogP contribution in [0.2, 0.25) is 0 Å². The molecular weight excluding hydrogens is 228 g/mol. The first-order chi connectivity index (χ1) is 8.61. The van der Waals surface area contributed by atoms with E-state index >= 15 is 0 Å². The molecule has 0 aromatic heterocycles. The van der Waals surface area contributed by atoms with Crippen LogP contribution in [0.5, 0.6) is 0 Å². The molecule has 2 atom stereocenters. The standard InChI is InChI=1S/C14H22N2O2/c1-3-11(2)16-14(18)15-10-13(17)9-12-7-5-4-6-8-12/h4-8,11,13,17H,3,9-10H2,1-2H3,(H2,15,16,18). The Bertz CT molecular complexity index is 354. The lowest BCUT2D eigenvalue weighted by Crippen LogP contribution is -2.43. The maximum absolute atomic E-state index is 11.4. The lowest BCUT2D eigenvalue weighted by atomic mass is 10.1. The molecular formula is C14H22N2O2. The Morgan fingerprint density at radius 3 is 2.61 bits per heavy atom. The molecule has 4 heteroatoms. The minimum absolute atomic E-state index is 0.149. The van der Waals surface area contributed by atoms with Crippen molar-refractivity contribution < 1.29 is 9.90 Å². The van der Waals surface area contributed by atoms with Gasteiger partial charge in [-0.05, 0) is 18.9 Å². The minimum atomic E-state index is -0.560. The van der Waals surface area contributed by atoms with Crippen molar-refractivity contribution in [2.75, 3.05) is 6.54 Å². The van der Waals surface area contributed by atoms with E-state index in [2.05, 4.69) is 10.6 Å². The highest BCUT2D eigenvalue weighted by atomic mass is 16.3. The van der Waals surface area contributed by atoms with Gasteiger partial charge < -0.3 is 15.7 Å². The summed E-state index contributed by atoms with van der Waals surface area (Å²) in [5, 5.41) is 15.3. The molecule has 1 aromatic rings. The van der Waals surface area contributed by atoms with E-state index in [0.717, 1.165) is 12.0 Å². The molecule has 1 aromatic carbocycles. The lowest BCUT2D eigenvalue weighted by Gasteiger charge is -2.15. The largest absolute Gasteiger partial charge is 0.391 e. The number of carbonyl (C=O) groups excluding carboxylic acids is 1. The van der Waals surface area contributed by atoms with E-state index in [4.69, 9.17) is 0 Å². The van der Waals surface area contributed by atoms with Crippen molar-refractivity contribution in [1.29, 1.82) is 0 Å². The Morgan fingerprint density at radius 1 is 1.33 bits per heavy atom. The summed E-state index contributed by atoms with van der Waals surface area (Å²) < 4.78 is 0. The van der Waals surface area contributed by atoms with E-state index < -0.39 is 6.10 Å². The van der Waals surface area contributed by atoms with Crippen LogP contribution in [-0.4, -0.2) is 29.8 Å². The number of carbonyl (C=O) groups is 1. The van der Waals surface area contributed by atoms with Crippen LogP contribution in [0.15, 0.2) is 30.3 Å². The molecule has 0 heterocycles. The second kappa shape index (κ2) is 7.71. The molecule has 3 N–H and O–H groups in total. The SMILES string of the molecule is CCC(C)NC(=O)NCC(O)Cc1ccccc1. The first kappa shape index (κ1) is 14.5. The summed E-state index contributed by atoms with van der Waals surface area (Å²) in [5.74, 6) is 0. The Kier molecular flexibility index (Phi) is 6.22. The third-order valence-corrected chi connectivity index (χ3v) is 2.80. The van der Waals surface area contributed by atoms with Gasteiger partial charge in [0.15, 0.2) is 0 Å². The molecule has 0 aliphatic rings. The summed E-state index contributed by atoms with van der Waals surface area (Å²) in [6, 6.07) is 9.65. The fourth-order valence-electron chi connectivity index (χ4n) is 1.55. The molecule has 0 spiro atoms. The van der Waals surface area contributed by atoms with Crippen molar-refractivity contribution in [1.82, 2.24) is 10.6 Å². The maximum Gasteiger partial charge on any atom is 0.315 e. The molecule has 4 nitrogen and oxygen atoms in total. The van der Waals surface area contributed by atoms with E-state index in [0.29, 0.717) is 6.42 Å². The van der Waals surface area contributed by atoms with Crippen molar-refractivity contribution in [2.24, 2.45) is 0 Å². The van der Waals surface area contributed by atoms with Crippen LogP contribution in [0.1, 0.15) is 25.8 Å². The predicted molar refractivity (Wildman–Crippen MR) is 72.4 cm³/mol. The highest BCUT2D eigenvalue weighted by molar-refractivity contribution is 5.74. The zero-order valence-electron chi connectivity index (χ0n) is 11.0. The molecule has 100 valence electrons. The lowest BCUT2D eigenvalue weighted by molar-refractivity contribution is 0.170. The van der Waals surface area contributed by atoms with E-state index in [9.17, 15) is 9.90 Å². The normalized spacial score (nSPS) is 13.7. The van der Waals surface area contributed by atoms with Gasteiger partial charge in [-0.2, -0.15) is 0 Å². The fraction of sp³-hybridized carbons (Fsp3) is 0.500.